The Balaban J connectivity index is 1.54. The molecule has 1 saturated carbocycles. The van der Waals surface area contributed by atoms with Crippen LogP contribution in [0.4, 0.5) is 17.2 Å². The maximum Gasteiger partial charge on any atom is 0.263 e. The molecular formula is C23H25N8O3+. The number of aliphatic hydroxyl groups excluding tert-OH is 1. The number of aliphatic hydroxyl groups is 1. The number of amides is 1. The maximum atomic E-state index is 12.3. The van der Waals surface area contributed by atoms with Crippen molar-refractivity contribution < 1.29 is 19.3 Å². The van der Waals surface area contributed by atoms with E-state index in [9.17, 15) is 9.90 Å². The molecule has 5 rings (SSSR count). The van der Waals surface area contributed by atoms with Gasteiger partial charge < -0.3 is 20.5 Å². The molecule has 11 heteroatoms. The minimum Gasteiger partial charge on any atom is -0.494 e. The second kappa shape index (κ2) is 9.02. The third-order valence-electron chi connectivity index (χ3n) is 5.57. The minimum atomic E-state index is -0.123. The summed E-state index contributed by atoms with van der Waals surface area (Å²) in [6.07, 6.45) is 6.74. The molecule has 11 nitrogen and oxygen atoms in total. The summed E-state index contributed by atoms with van der Waals surface area (Å²) in [5.41, 5.74) is 3.40. The fourth-order valence-corrected chi connectivity index (χ4v) is 3.66. The monoisotopic (exact) mass is 461 g/mol. The Kier molecular flexibility index (Phi) is 5.76. The van der Waals surface area contributed by atoms with Crippen LogP contribution in [0.3, 0.4) is 0 Å². The molecule has 174 valence electrons. The van der Waals surface area contributed by atoms with Gasteiger partial charge in [-0.1, -0.05) is 6.07 Å². The van der Waals surface area contributed by atoms with E-state index in [0.29, 0.717) is 46.7 Å². The van der Waals surface area contributed by atoms with Gasteiger partial charge >= 0.3 is 0 Å². The Labute approximate surface area is 195 Å². The van der Waals surface area contributed by atoms with E-state index in [4.69, 9.17) is 4.74 Å². The number of benzene rings is 1. The highest BCUT2D eigenvalue weighted by molar-refractivity contribution is 6.03. The van der Waals surface area contributed by atoms with Crippen molar-refractivity contribution in [3.8, 4) is 11.4 Å². The topological polar surface area (TPSA) is 129 Å². The second-order valence-electron chi connectivity index (χ2n) is 8.19. The normalized spacial score (nSPS) is 15.0. The number of methoxy groups -OCH3 is 1. The average Bonchev–Trinajstić information content (AvgIpc) is 3.44. The third-order valence-corrected chi connectivity index (χ3v) is 5.57. The van der Waals surface area contributed by atoms with Crippen LogP contribution in [0, 0.1) is 5.92 Å². The second-order valence-corrected chi connectivity index (χ2v) is 8.19. The van der Waals surface area contributed by atoms with E-state index in [-0.39, 0.29) is 18.4 Å². The van der Waals surface area contributed by atoms with E-state index in [1.807, 2.05) is 25.2 Å². The number of rotatable bonds is 8. The largest absolute Gasteiger partial charge is 0.494 e. The van der Waals surface area contributed by atoms with Crippen molar-refractivity contribution in [1.29, 1.82) is 0 Å². The van der Waals surface area contributed by atoms with Crippen molar-refractivity contribution in [2.75, 3.05) is 31.5 Å². The van der Waals surface area contributed by atoms with E-state index in [1.165, 1.54) is 0 Å². The number of nitrogens with one attached hydrogen (secondary N) is 2. The predicted molar refractivity (Wildman–Crippen MR) is 125 cm³/mol. The molecule has 1 aliphatic carbocycles. The third kappa shape index (κ3) is 4.37. The van der Waals surface area contributed by atoms with E-state index in [1.54, 1.807) is 41.1 Å². The van der Waals surface area contributed by atoms with Gasteiger partial charge in [0.2, 0.25) is 11.7 Å². The summed E-state index contributed by atoms with van der Waals surface area (Å²) in [6, 6.07) is 7.44. The number of hydrogen-bond acceptors (Lipinski definition) is 8. The smallest absolute Gasteiger partial charge is 0.263 e. The van der Waals surface area contributed by atoms with Crippen molar-refractivity contribution in [3.63, 3.8) is 0 Å². The van der Waals surface area contributed by atoms with Crippen LogP contribution in [0.15, 0.2) is 53.0 Å². The first-order valence-corrected chi connectivity index (χ1v) is 10.9. The predicted octanol–water partition coefficient (Wildman–Crippen LogP) is 2.67. The number of ether oxygens (including phenoxy) is 1. The number of carbonyl (C=O) groups is 1. The molecule has 1 aliphatic heterocycles. The van der Waals surface area contributed by atoms with E-state index >= 15 is 0 Å². The van der Waals surface area contributed by atoms with Gasteiger partial charge in [-0.25, -0.2) is 9.67 Å². The van der Waals surface area contributed by atoms with Gasteiger partial charge in [-0.2, -0.15) is 10.1 Å². The lowest BCUT2D eigenvalue weighted by Gasteiger charge is -2.17. The standard InChI is InChI=1S/C23H24N8O3/c1-30-13-25-22(29-30)16-4-3-5-17(21(16)34-2)27-18-8-20(28-23(33)15-6-7-15)24-10-19(18)31-11-14(12-32)9-26-31/h3-5,8-11,15,32H,6-7,12-13H2,1-2H3,(H-,24,27,28,33)/p+1. The zero-order chi connectivity index (χ0) is 23.7. The Morgan fingerprint density at radius 2 is 2.15 bits per heavy atom. The lowest BCUT2D eigenvalue weighted by Crippen LogP contribution is -2.15. The van der Waals surface area contributed by atoms with Crippen LogP contribution in [0.2, 0.25) is 0 Å². The quantitative estimate of drug-likeness (QED) is 0.443. The molecule has 2 aromatic heterocycles. The molecule has 1 fully saturated rings. The molecule has 0 spiro atoms. The summed E-state index contributed by atoms with van der Waals surface area (Å²) in [7, 11) is 3.45. The van der Waals surface area contributed by atoms with Crippen LogP contribution >= 0.6 is 0 Å². The number of para-hydroxylation sites is 1. The highest BCUT2D eigenvalue weighted by Gasteiger charge is 2.30. The van der Waals surface area contributed by atoms with Crippen molar-refractivity contribution in [1.82, 2.24) is 14.8 Å². The average molecular weight is 462 g/mol. The zero-order valence-corrected chi connectivity index (χ0v) is 18.9. The van der Waals surface area contributed by atoms with Crippen LogP contribution in [-0.4, -0.2) is 57.1 Å². The van der Waals surface area contributed by atoms with Crippen molar-refractivity contribution in [2.45, 2.75) is 19.4 Å². The van der Waals surface area contributed by atoms with E-state index < -0.39 is 0 Å². The molecule has 3 N–H and O–H groups in total. The summed E-state index contributed by atoms with van der Waals surface area (Å²) in [6.45, 7) is 0.364. The molecule has 0 saturated heterocycles. The first-order chi connectivity index (χ1) is 16.6. The molecular weight excluding hydrogens is 436 g/mol. The molecule has 2 aliphatic rings. The number of carbonyl (C=O) groups excluding carboxylic acids is 1. The fraction of sp³-hybridized carbons (Fsp3) is 0.304. The van der Waals surface area contributed by atoms with E-state index in [2.05, 4.69) is 30.8 Å². The number of azo groups is 2. The van der Waals surface area contributed by atoms with Gasteiger partial charge in [-0.15, -0.1) is 4.70 Å². The number of hydrogen-bond donors (Lipinski definition) is 3. The highest BCUT2D eigenvalue weighted by Crippen LogP contribution is 2.35. The van der Waals surface area contributed by atoms with Crippen LogP contribution in [0.25, 0.3) is 5.69 Å². The lowest BCUT2D eigenvalue weighted by atomic mass is 10.1. The molecule has 1 aromatic carbocycles. The maximum absolute atomic E-state index is 12.3. The van der Waals surface area contributed by atoms with Crippen LogP contribution in [0.1, 0.15) is 24.0 Å². The van der Waals surface area contributed by atoms with Crippen LogP contribution in [-0.2, 0) is 11.4 Å². The number of aliphatic imine (C=N–C) groups is 1. The first kappa shape index (κ1) is 21.7. The Hall–Kier alpha value is -4.12. The molecule has 34 heavy (non-hydrogen) atoms. The summed E-state index contributed by atoms with van der Waals surface area (Å²) in [4.78, 5) is 21.2. The lowest BCUT2D eigenvalue weighted by molar-refractivity contribution is -0.551. The van der Waals surface area contributed by atoms with Gasteiger partial charge in [0.05, 0.1) is 43.0 Å². The summed E-state index contributed by atoms with van der Waals surface area (Å²) in [5, 5.41) is 24.5. The van der Waals surface area contributed by atoms with Crippen LogP contribution < -0.4 is 15.4 Å². The molecule has 0 atom stereocenters. The summed E-state index contributed by atoms with van der Waals surface area (Å²) < 4.78 is 9.11. The molecule has 0 bridgehead atoms. The Morgan fingerprint density at radius 3 is 2.82 bits per heavy atom. The van der Waals surface area contributed by atoms with Crippen molar-refractivity contribution in [2.24, 2.45) is 16.0 Å². The Bertz CT molecular complexity index is 1310. The van der Waals surface area contributed by atoms with Crippen molar-refractivity contribution >= 4 is 28.9 Å². The summed E-state index contributed by atoms with van der Waals surface area (Å²) >= 11 is 0. The molecule has 3 heterocycles. The molecule has 3 aromatic rings. The summed E-state index contributed by atoms with van der Waals surface area (Å²) in [5.74, 6) is 1.64. The van der Waals surface area contributed by atoms with Crippen LogP contribution in [0.5, 0.6) is 5.75 Å². The number of anilines is 3. The number of amidine groups is 1. The number of pyridine rings is 1. The van der Waals surface area contributed by atoms with Gasteiger partial charge in [-0.05, 0) is 25.0 Å². The van der Waals surface area contributed by atoms with Gasteiger partial charge in [0.25, 0.3) is 6.67 Å². The van der Waals surface area contributed by atoms with Gasteiger partial charge in [0.1, 0.15) is 11.5 Å². The molecule has 1 amide bonds. The van der Waals surface area contributed by atoms with Crippen molar-refractivity contribution in [3.05, 3.63) is 54.0 Å². The molecule has 0 unspecified atom stereocenters. The van der Waals surface area contributed by atoms with E-state index in [0.717, 1.165) is 18.4 Å². The van der Waals surface area contributed by atoms with Gasteiger partial charge in [0, 0.05) is 28.9 Å². The zero-order valence-electron chi connectivity index (χ0n) is 18.9. The van der Waals surface area contributed by atoms with Gasteiger partial charge in [-0.3, -0.25) is 4.79 Å². The number of nitrogens with zero attached hydrogens (tertiary/aromatic N) is 6. The SMILES string of the molecule is COc1c(Nc2cc(NC(=O)C3CC3)ncc2-n2cc(CO)cn2)cccc1C1=NC[N+](C)=N1. The number of aromatic nitrogens is 3. The van der Waals surface area contributed by atoms with Gasteiger partial charge in [0.15, 0.2) is 12.8 Å². The molecule has 0 radical (unpaired) electrons. The fourth-order valence-electron chi connectivity index (χ4n) is 3.66. The highest BCUT2D eigenvalue weighted by atomic mass is 16.5. The first-order valence-electron chi connectivity index (χ1n) is 10.9. The Morgan fingerprint density at radius 1 is 1.29 bits per heavy atom. The minimum absolute atomic E-state index is 0.0302.